The summed E-state index contributed by atoms with van der Waals surface area (Å²) in [5.41, 5.74) is -0.453. The van der Waals surface area contributed by atoms with Crippen LogP contribution in [0.1, 0.15) is 153 Å². The van der Waals surface area contributed by atoms with Crippen molar-refractivity contribution in [2.45, 2.75) is 179 Å². The number of hydrogen-bond donors (Lipinski definition) is 6. The molecule has 3 aliphatic heterocycles. The highest BCUT2D eigenvalue weighted by atomic mass is 16.6. The second-order valence-corrected chi connectivity index (χ2v) is 20.2. The summed E-state index contributed by atoms with van der Waals surface area (Å²) in [6, 6.07) is 3.68. The molecule has 12 nitrogen and oxygen atoms in total. The van der Waals surface area contributed by atoms with Gasteiger partial charge in [-0.1, -0.05) is 44.6 Å². The number of fused-ring (bicyclic) bond motifs is 2. The normalized spacial score (nSPS) is 28.6. The van der Waals surface area contributed by atoms with E-state index < -0.39 is 46.6 Å². The third-order valence-electron chi connectivity index (χ3n) is 16.5. The number of carbonyl (C=O) groups excluding carboxylic acids is 3. The van der Waals surface area contributed by atoms with E-state index in [0.717, 1.165) is 81.8 Å². The number of phenols is 1. The molecule has 0 unspecified atom stereocenters. The molecule has 3 aliphatic carbocycles. The average molecular weight is 839 g/mol. The van der Waals surface area contributed by atoms with Gasteiger partial charge >= 0.3 is 11.9 Å². The van der Waals surface area contributed by atoms with Crippen molar-refractivity contribution in [3.63, 3.8) is 0 Å². The second-order valence-electron chi connectivity index (χ2n) is 20.2. The van der Waals surface area contributed by atoms with Crippen LogP contribution in [0.5, 0.6) is 11.5 Å². The van der Waals surface area contributed by atoms with Gasteiger partial charge in [0.25, 0.3) is 0 Å². The fourth-order valence-corrected chi connectivity index (χ4v) is 12.9. The summed E-state index contributed by atoms with van der Waals surface area (Å²) in [5, 5.41) is 49.1. The van der Waals surface area contributed by atoms with E-state index >= 15 is 4.79 Å². The number of aliphatic hydroxyl groups is 3. The van der Waals surface area contributed by atoms with E-state index in [1.165, 1.54) is 6.92 Å². The minimum atomic E-state index is -1.13. The number of aromatic hydroxyl groups is 1. The van der Waals surface area contributed by atoms with Crippen LogP contribution < -0.4 is 15.4 Å². The zero-order valence-electron chi connectivity index (χ0n) is 36.4. The summed E-state index contributed by atoms with van der Waals surface area (Å²) < 4.78 is 19.7. The van der Waals surface area contributed by atoms with Gasteiger partial charge in [0.2, 0.25) is 5.91 Å². The first-order chi connectivity index (χ1) is 28.9. The van der Waals surface area contributed by atoms with Gasteiger partial charge in [0.15, 0.2) is 11.5 Å². The third-order valence-corrected chi connectivity index (χ3v) is 16.5. The van der Waals surface area contributed by atoms with Crippen LogP contribution >= 0.6 is 0 Å². The summed E-state index contributed by atoms with van der Waals surface area (Å²) >= 11 is 0. The highest BCUT2D eigenvalue weighted by Gasteiger charge is 2.60. The minimum Gasteiger partial charge on any atom is -0.504 e. The number of rotatable bonds is 17. The Bertz CT molecular complexity index is 1650. The predicted octanol–water partition coefficient (Wildman–Crippen LogP) is 6.20. The molecule has 12 heteroatoms. The lowest BCUT2D eigenvalue weighted by Crippen LogP contribution is -2.68. The summed E-state index contributed by atoms with van der Waals surface area (Å²) in [4.78, 5) is 42.4. The van der Waals surface area contributed by atoms with Crippen molar-refractivity contribution in [2.75, 3.05) is 32.9 Å². The molecule has 7 rings (SSSR count). The molecule has 6 aliphatic rings. The van der Waals surface area contributed by atoms with E-state index in [4.69, 9.17) is 14.2 Å². The maximum Gasteiger partial charge on any atom is 0.332 e. The summed E-state index contributed by atoms with van der Waals surface area (Å²) in [5.74, 6) is -0.415. The molecule has 1 amide bonds. The number of aliphatic hydroxyl groups excluding tert-OH is 3. The van der Waals surface area contributed by atoms with Crippen LogP contribution in [0.25, 0.3) is 0 Å². The fourth-order valence-electron chi connectivity index (χ4n) is 12.9. The first-order valence-corrected chi connectivity index (χ1v) is 23.7. The number of phenolic OH excluding ortho intramolecular Hbond substituents is 1. The number of piperidine rings is 2. The Morgan fingerprint density at radius 1 is 0.917 bits per heavy atom. The molecule has 3 saturated carbocycles. The van der Waals surface area contributed by atoms with E-state index in [1.54, 1.807) is 13.0 Å². The molecule has 5 fully saturated rings. The smallest absolute Gasteiger partial charge is 0.332 e. The molecule has 7 atom stereocenters. The average Bonchev–Trinajstić information content (AvgIpc) is 3.93. The zero-order valence-corrected chi connectivity index (χ0v) is 36.4. The van der Waals surface area contributed by atoms with Crippen molar-refractivity contribution >= 4 is 17.8 Å². The highest BCUT2D eigenvalue weighted by molar-refractivity contribution is 5.93. The van der Waals surface area contributed by atoms with Crippen LogP contribution in [0, 0.1) is 34.0 Å². The van der Waals surface area contributed by atoms with Crippen LogP contribution in [0.15, 0.2) is 12.1 Å². The Morgan fingerprint density at radius 2 is 1.63 bits per heavy atom. The molecule has 1 aromatic carbocycles. The Hall–Kier alpha value is -2.93. The Balaban J connectivity index is 1.28. The van der Waals surface area contributed by atoms with Gasteiger partial charge in [-0.15, -0.1) is 0 Å². The SMILES string of the molecule is CC(=O)O[C@@H](C[C@@H](OC(=O)[C@@]12CCCC[C@@H]1CC1(CCCC1)C(=O)N2)C1(Cc2ccc(O)c3c2C[C@@H](C2(CO)CCCC2)CO3)CCNCC1)[C@@H](CCCO)CC[C@H](C)O. The Morgan fingerprint density at radius 3 is 2.32 bits per heavy atom. The topological polar surface area (TPSA) is 184 Å². The molecule has 1 aromatic rings. The number of hydrogen-bond acceptors (Lipinski definition) is 11. The van der Waals surface area contributed by atoms with Gasteiger partial charge in [-0.3, -0.25) is 9.59 Å². The van der Waals surface area contributed by atoms with Crippen molar-refractivity contribution in [3.8, 4) is 11.5 Å². The van der Waals surface area contributed by atoms with Crippen LogP contribution in [0.3, 0.4) is 0 Å². The van der Waals surface area contributed by atoms with E-state index in [2.05, 4.69) is 10.6 Å². The molecule has 0 bridgehead atoms. The summed E-state index contributed by atoms with van der Waals surface area (Å²) in [6.07, 6.45) is 14.6. The number of amides is 1. The van der Waals surface area contributed by atoms with Crippen molar-refractivity contribution in [3.05, 3.63) is 23.3 Å². The lowest BCUT2D eigenvalue weighted by Gasteiger charge is -2.52. The van der Waals surface area contributed by atoms with E-state index in [1.807, 2.05) is 6.07 Å². The highest BCUT2D eigenvalue weighted by Crippen LogP contribution is 2.54. The number of nitrogens with one attached hydrogen (secondary N) is 2. The van der Waals surface area contributed by atoms with Crippen LogP contribution in [-0.4, -0.2) is 95.0 Å². The molecular formula is C48H74N2O10. The molecule has 3 heterocycles. The van der Waals surface area contributed by atoms with E-state index in [9.17, 15) is 30.0 Å². The van der Waals surface area contributed by atoms with Crippen LogP contribution in [-0.2, 0) is 36.7 Å². The van der Waals surface area contributed by atoms with Crippen molar-refractivity contribution in [2.24, 2.45) is 34.0 Å². The standard InChI is InChI=1S/C48H74N2O10/c1-32(53)12-13-34(10-9-25-51)40(59-33(2)54)27-41(60-44(57)48-20-4-3-11-36(48)29-46(43(56)50-48)16-5-6-17-46)45(21-23-49-24-22-45)28-35-14-15-39(55)42-38(35)26-37(30-58-42)47(31-52)18-7-8-19-47/h14-15,32,34,36-37,40-41,49,51-53,55H,3-13,16-31H2,1-2H3,(H,50,56)/t32-,34-,36+,37+,40-,41+,48+/m0/s1. The van der Waals surface area contributed by atoms with Gasteiger partial charge in [0.05, 0.1) is 12.7 Å². The number of benzene rings is 1. The van der Waals surface area contributed by atoms with Crippen molar-refractivity contribution in [1.29, 1.82) is 0 Å². The van der Waals surface area contributed by atoms with Gasteiger partial charge in [-0.25, -0.2) is 4.79 Å². The minimum absolute atomic E-state index is 0.0172. The molecule has 0 aromatic heterocycles. The Labute approximate surface area is 357 Å². The lowest BCUT2D eigenvalue weighted by molar-refractivity contribution is -0.182. The molecule has 0 radical (unpaired) electrons. The molecule has 60 heavy (non-hydrogen) atoms. The molecule has 336 valence electrons. The second kappa shape index (κ2) is 19.2. The van der Waals surface area contributed by atoms with Crippen molar-refractivity contribution in [1.82, 2.24) is 10.6 Å². The number of esters is 2. The maximum absolute atomic E-state index is 15.3. The number of ether oxygens (including phenoxy) is 3. The quantitative estimate of drug-likeness (QED) is 0.0983. The zero-order chi connectivity index (χ0) is 42.5. The lowest BCUT2D eigenvalue weighted by atomic mass is 9.61. The maximum atomic E-state index is 15.3. The Kier molecular flexibility index (Phi) is 14.4. The monoisotopic (exact) mass is 839 g/mol. The first kappa shape index (κ1) is 45.1. The summed E-state index contributed by atoms with van der Waals surface area (Å²) in [6.45, 7) is 5.02. The van der Waals surface area contributed by atoms with E-state index in [0.29, 0.717) is 89.7 Å². The third kappa shape index (κ3) is 9.23. The van der Waals surface area contributed by atoms with Gasteiger partial charge < -0.3 is 45.3 Å². The van der Waals surface area contributed by atoms with Gasteiger partial charge in [-0.05, 0) is 145 Å². The summed E-state index contributed by atoms with van der Waals surface area (Å²) in [7, 11) is 0. The van der Waals surface area contributed by atoms with Gasteiger partial charge in [0.1, 0.15) is 17.7 Å². The van der Waals surface area contributed by atoms with Crippen LogP contribution in [0.4, 0.5) is 0 Å². The first-order valence-electron chi connectivity index (χ1n) is 23.7. The van der Waals surface area contributed by atoms with Gasteiger partial charge in [0, 0.05) is 48.9 Å². The van der Waals surface area contributed by atoms with Crippen molar-refractivity contribution < 1.29 is 49.0 Å². The predicted molar refractivity (Wildman–Crippen MR) is 226 cm³/mol. The molecule has 2 saturated heterocycles. The molecule has 1 spiro atoms. The largest absolute Gasteiger partial charge is 0.504 e. The van der Waals surface area contributed by atoms with Crippen LogP contribution in [0.2, 0.25) is 0 Å². The number of carbonyl (C=O) groups is 3. The van der Waals surface area contributed by atoms with E-state index in [-0.39, 0.29) is 54.5 Å². The fraction of sp³-hybridized carbons (Fsp3) is 0.812. The molecular weight excluding hydrogens is 765 g/mol. The van der Waals surface area contributed by atoms with Gasteiger partial charge in [-0.2, -0.15) is 0 Å². The molecule has 6 N–H and O–H groups in total.